The van der Waals surface area contributed by atoms with E-state index >= 15 is 0 Å². The number of nitrogens with one attached hydrogen (secondary N) is 1. The van der Waals surface area contributed by atoms with Crippen LogP contribution in [0.2, 0.25) is 0 Å². The summed E-state index contributed by atoms with van der Waals surface area (Å²) in [5, 5.41) is 14.4. The Bertz CT molecular complexity index is 807. The normalized spacial score (nSPS) is 12.0. The number of aryl methyl sites for hydroxylation is 1. The monoisotopic (exact) mass is 368 g/mol. The molecular weight excluding hydrogens is 348 g/mol. The van der Waals surface area contributed by atoms with Gasteiger partial charge < -0.3 is 4.90 Å². The van der Waals surface area contributed by atoms with Crippen LogP contribution in [0.4, 0.5) is 17.3 Å². The van der Waals surface area contributed by atoms with Crippen molar-refractivity contribution in [2.45, 2.75) is 13.3 Å². The molecule has 2 rings (SSSR count). The van der Waals surface area contributed by atoms with Gasteiger partial charge in [-0.15, -0.1) is 10.2 Å². The summed E-state index contributed by atoms with van der Waals surface area (Å²) in [7, 11) is -0.900. The second-order valence-corrected chi connectivity index (χ2v) is 6.54. The molecule has 0 saturated heterocycles. The lowest BCUT2D eigenvalue weighted by Crippen LogP contribution is -2.20. The average molecular weight is 368 g/mol. The van der Waals surface area contributed by atoms with Gasteiger partial charge in [-0.3, -0.25) is 4.18 Å². The van der Waals surface area contributed by atoms with Crippen molar-refractivity contribution in [3.63, 3.8) is 0 Å². The molecule has 1 aromatic heterocycles. The number of hydrogen-bond acceptors (Lipinski definition) is 9. The summed E-state index contributed by atoms with van der Waals surface area (Å²) in [5.41, 5.74) is 2.65. The largest absolute Gasteiger partial charge is 0.399 e. The standard InChI is InChI=1S/C14H20N6O4S/c1-11-9-12(20(2)7-4-8-24-25(21,22)23-3)5-6-13(11)17-19-14-15-10-16-18-14/h5-6,9-10H,4,7-8H2,1-3H3,(H,15,16,18). The van der Waals surface area contributed by atoms with Gasteiger partial charge in [0.2, 0.25) is 0 Å². The van der Waals surface area contributed by atoms with Crippen molar-refractivity contribution in [1.82, 2.24) is 15.2 Å². The Morgan fingerprint density at radius 1 is 1.32 bits per heavy atom. The van der Waals surface area contributed by atoms with E-state index in [1.807, 2.05) is 37.1 Å². The molecule has 0 amide bonds. The van der Waals surface area contributed by atoms with Gasteiger partial charge in [-0.1, -0.05) is 0 Å². The highest BCUT2D eigenvalue weighted by atomic mass is 32.3. The molecule has 2 aromatic rings. The average Bonchev–Trinajstić information content (AvgIpc) is 3.11. The van der Waals surface area contributed by atoms with Crippen LogP contribution in [0, 0.1) is 6.92 Å². The van der Waals surface area contributed by atoms with Gasteiger partial charge in [0.1, 0.15) is 6.33 Å². The minimum Gasteiger partial charge on any atom is -0.375 e. The van der Waals surface area contributed by atoms with Gasteiger partial charge in [0.25, 0.3) is 5.95 Å². The summed E-state index contributed by atoms with van der Waals surface area (Å²) in [6, 6.07) is 5.74. The molecular formula is C14H20N6O4S. The highest BCUT2D eigenvalue weighted by Crippen LogP contribution is 2.25. The molecule has 0 atom stereocenters. The van der Waals surface area contributed by atoms with Crippen molar-refractivity contribution < 1.29 is 16.8 Å². The van der Waals surface area contributed by atoms with Crippen molar-refractivity contribution in [2.24, 2.45) is 10.2 Å². The fraction of sp³-hybridized carbons (Fsp3) is 0.429. The van der Waals surface area contributed by atoms with Crippen molar-refractivity contribution in [3.05, 3.63) is 30.1 Å². The number of nitrogens with zero attached hydrogens (tertiary/aromatic N) is 5. The molecule has 0 aliphatic carbocycles. The Morgan fingerprint density at radius 2 is 2.12 bits per heavy atom. The van der Waals surface area contributed by atoms with Crippen LogP contribution in [0.25, 0.3) is 0 Å². The zero-order chi connectivity index (χ0) is 18.3. The van der Waals surface area contributed by atoms with E-state index in [-0.39, 0.29) is 6.61 Å². The number of anilines is 1. The molecule has 0 fully saturated rings. The Hall–Kier alpha value is -2.37. The van der Waals surface area contributed by atoms with E-state index in [0.717, 1.165) is 24.0 Å². The third-order valence-electron chi connectivity index (χ3n) is 3.35. The van der Waals surface area contributed by atoms with Crippen molar-refractivity contribution in [2.75, 3.05) is 32.2 Å². The number of azo groups is 1. The first-order chi connectivity index (χ1) is 11.9. The number of aromatic amines is 1. The Kier molecular flexibility index (Phi) is 6.56. The topological polar surface area (TPSA) is 122 Å². The summed E-state index contributed by atoms with van der Waals surface area (Å²) in [5.74, 6) is 0.339. The minimum atomic E-state index is -3.87. The van der Waals surface area contributed by atoms with Gasteiger partial charge in [0.05, 0.1) is 19.4 Å². The van der Waals surface area contributed by atoms with Gasteiger partial charge in [-0.2, -0.15) is 18.5 Å². The number of H-pyrrole nitrogens is 1. The molecule has 0 spiro atoms. The maximum atomic E-state index is 11.1. The van der Waals surface area contributed by atoms with E-state index in [1.54, 1.807) is 0 Å². The van der Waals surface area contributed by atoms with Gasteiger partial charge >= 0.3 is 10.4 Å². The predicted molar refractivity (Wildman–Crippen MR) is 91.5 cm³/mol. The lowest BCUT2D eigenvalue weighted by Gasteiger charge is -2.20. The van der Waals surface area contributed by atoms with Crippen LogP contribution in [0.5, 0.6) is 0 Å². The van der Waals surface area contributed by atoms with Crippen molar-refractivity contribution >= 4 is 27.7 Å². The second-order valence-electron chi connectivity index (χ2n) is 5.15. The molecule has 1 N–H and O–H groups in total. The maximum absolute atomic E-state index is 11.1. The first-order valence-corrected chi connectivity index (χ1v) is 8.78. The van der Waals surface area contributed by atoms with E-state index in [0.29, 0.717) is 18.9 Å². The quantitative estimate of drug-likeness (QED) is 0.532. The lowest BCUT2D eigenvalue weighted by atomic mass is 10.1. The van der Waals surface area contributed by atoms with Gasteiger partial charge in [0.15, 0.2) is 0 Å². The molecule has 0 aliphatic rings. The Balaban J connectivity index is 1.90. The van der Waals surface area contributed by atoms with Crippen molar-refractivity contribution in [3.8, 4) is 0 Å². The smallest absolute Gasteiger partial charge is 0.375 e. The number of benzene rings is 1. The summed E-state index contributed by atoms with van der Waals surface area (Å²) >= 11 is 0. The molecule has 0 saturated carbocycles. The van der Waals surface area contributed by atoms with Gasteiger partial charge in [-0.25, -0.2) is 9.28 Å². The van der Waals surface area contributed by atoms with Crippen LogP contribution in [-0.4, -0.2) is 50.9 Å². The zero-order valence-electron chi connectivity index (χ0n) is 14.2. The van der Waals surface area contributed by atoms with E-state index in [4.69, 9.17) is 0 Å². The zero-order valence-corrected chi connectivity index (χ0v) is 15.0. The fourth-order valence-electron chi connectivity index (χ4n) is 1.98. The minimum absolute atomic E-state index is 0.0585. The van der Waals surface area contributed by atoms with Gasteiger partial charge in [-0.05, 0) is 37.1 Å². The van der Waals surface area contributed by atoms with Crippen molar-refractivity contribution in [1.29, 1.82) is 0 Å². The van der Waals surface area contributed by atoms with E-state index in [2.05, 4.69) is 33.8 Å². The van der Waals surface area contributed by atoms with Crippen LogP contribution in [0.3, 0.4) is 0 Å². The molecule has 25 heavy (non-hydrogen) atoms. The molecule has 10 nitrogen and oxygen atoms in total. The third-order valence-corrected chi connectivity index (χ3v) is 4.21. The van der Waals surface area contributed by atoms with Crippen LogP contribution >= 0.6 is 0 Å². The maximum Gasteiger partial charge on any atom is 0.399 e. The highest BCUT2D eigenvalue weighted by Gasteiger charge is 2.09. The summed E-state index contributed by atoms with van der Waals surface area (Å²) in [6.45, 7) is 2.61. The summed E-state index contributed by atoms with van der Waals surface area (Å²) in [4.78, 5) is 5.87. The molecule has 1 heterocycles. The molecule has 0 aliphatic heterocycles. The summed E-state index contributed by atoms with van der Waals surface area (Å²) < 4.78 is 31.0. The molecule has 11 heteroatoms. The Morgan fingerprint density at radius 3 is 2.76 bits per heavy atom. The lowest BCUT2D eigenvalue weighted by molar-refractivity contribution is 0.242. The number of hydrogen-bond donors (Lipinski definition) is 1. The number of rotatable bonds is 9. The highest BCUT2D eigenvalue weighted by molar-refractivity contribution is 7.81. The van der Waals surface area contributed by atoms with Crippen LogP contribution in [0.15, 0.2) is 34.8 Å². The van der Waals surface area contributed by atoms with E-state index in [1.165, 1.54) is 6.33 Å². The fourth-order valence-corrected chi connectivity index (χ4v) is 2.40. The molecule has 0 radical (unpaired) electrons. The van der Waals surface area contributed by atoms with Crippen LogP contribution in [-0.2, 0) is 18.8 Å². The van der Waals surface area contributed by atoms with E-state index in [9.17, 15) is 8.42 Å². The predicted octanol–water partition coefficient (Wildman–Crippen LogP) is 2.26. The molecule has 0 bridgehead atoms. The van der Waals surface area contributed by atoms with Gasteiger partial charge in [0, 0.05) is 19.3 Å². The van der Waals surface area contributed by atoms with E-state index < -0.39 is 10.4 Å². The summed E-state index contributed by atoms with van der Waals surface area (Å²) in [6.07, 6.45) is 1.89. The van der Waals surface area contributed by atoms with Crippen LogP contribution < -0.4 is 4.90 Å². The second kappa shape index (κ2) is 8.65. The first-order valence-electron chi connectivity index (χ1n) is 7.45. The SMILES string of the molecule is COS(=O)(=O)OCCCN(C)c1ccc(N=Nc2ncn[nH]2)c(C)c1. The number of aromatic nitrogens is 3. The third kappa shape index (κ3) is 5.89. The molecule has 136 valence electrons. The first kappa shape index (κ1) is 19.0. The van der Waals surface area contributed by atoms with Crippen LogP contribution in [0.1, 0.15) is 12.0 Å². The molecule has 1 aromatic carbocycles. The molecule has 0 unspecified atom stereocenters. The Labute approximate surface area is 146 Å².